The first kappa shape index (κ1) is 21.0. The maximum Gasteiger partial charge on any atom is 0.222 e. The summed E-state index contributed by atoms with van der Waals surface area (Å²) in [5.74, 6) is 1.06. The van der Waals surface area contributed by atoms with Gasteiger partial charge in [-0.25, -0.2) is 4.98 Å². The van der Waals surface area contributed by atoms with E-state index in [9.17, 15) is 4.79 Å². The van der Waals surface area contributed by atoms with Gasteiger partial charge >= 0.3 is 0 Å². The Hall–Kier alpha value is -2.73. The lowest BCUT2D eigenvalue weighted by Gasteiger charge is -2.34. The Balaban J connectivity index is 0.00000117. The van der Waals surface area contributed by atoms with Crippen molar-refractivity contribution < 1.29 is 4.79 Å². The zero-order valence-corrected chi connectivity index (χ0v) is 17.9. The van der Waals surface area contributed by atoms with Crippen LogP contribution < -0.4 is 0 Å². The molecule has 0 saturated carbocycles. The molecule has 154 valence electrons. The summed E-state index contributed by atoms with van der Waals surface area (Å²) < 4.78 is 0. The van der Waals surface area contributed by atoms with Crippen molar-refractivity contribution >= 4 is 16.9 Å². The number of piperazine rings is 1. The first-order valence-electron chi connectivity index (χ1n) is 10.5. The Bertz CT molecular complexity index is 940. The monoisotopic (exact) mass is 393 g/mol. The summed E-state index contributed by atoms with van der Waals surface area (Å²) in [5, 5.41) is 0. The number of benzene rings is 1. The molecular formula is C23H31N5O. The summed E-state index contributed by atoms with van der Waals surface area (Å²) in [7, 11) is 0. The number of H-pyrrole nitrogens is 1. The van der Waals surface area contributed by atoms with E-state index in [1.165, 1.54) is 5.56 Å². The first-order chi connectivity index (χ1) is 14.1. The van der Waals surface area contributed by atoms with E-state index in [0.717, 1.165) is 60.8 Å². The van der Waals surface area contributed by atoms with Crippen molar-refractivity contribution in [2.24, 2.45) is 0 Å². The van der Waals surface area contributed by atoms with E-state index in [2.05, 4.69) is 38.1 Å². The second-order valence-electron chi connectivity index (χ2n) is 7.17. The number of aromatic nitrogens is 3. The molecule has 1 N–H and O–H groups in total. The molecule has 1 saturated heterocycles. The maximum absolute atomic E-state index is 11.8. The van der Waals surface area contributed by atoms with Gasteiger partial charge in [0.1, 0.15) is 5.69 Å². The minimum Gasteiger partial charge on any atom is -0.340 e. The van der Waals surface area contributed by atoms with Gasteiger partial charge in [-0.1, -0.05) is 32.9 Å². The van der Waals surface area contributed by atoms with Gasteiger partial charge in [0.25, 0.3) is 0 Å². The molecule has 6 nitrogen and oxygen atoms in total. The van der Waals surface area contributed by atoms with E-state index < -0.39 is 0 Å². The lowest BCUT2D eigenvalue weighted by Crippen LogP contribution is -2.48. The molecule has 0 atom stereocenters. The minimum atomic E-state index is 0.255. The largest absolute Gasteiger partial charge is 0.340 e. The van der Waals surface area contributed by atoms with Crippen LogP contribution in [0.4, 0.5) is 0 Å². The lowest BCUT2D eigenvalue weighted by molar-refractivity contribution is -0.132. The zero-order valence-electron chi connectivity index (χ0n) is 17.9. The minimum absolute atomic E-state index is 0.255. The smallest absolute Gasteiger partial charge is 0.222 e. The number of amides is 1. The van der Waals surface area contributed by atoms with Crippen LogP contribution >= 0.6 is 0 Å². The molecule has 0 spiro atoms. The molecular weight excluding hydrogens is 362 g/mol. The quantitative estimate of drug-likeness (QED) is 0.727. The van der Waals surface area contributed by atoms with Crippen molar-refractivity contribution in [3.8, 4) is 11.5 Å². The Morgan fingerprint density at radius 2 is 1.86 bits per heavy atom. The average molecular weight is 394 g/mol. The van der Waals surface area contributed by atoms with Crippen LogP contribution in [0.5, 0.6) is 0 Å². The third-order valence-corrected chi connectivity index (χ3v) is 5.13. The number of nitrogens with one attached hydrogen (secondary N) is 1. The molecule has 1 fully saturated rings. The van der Waals surface area contributed by atoms with Crippen LogP contribution in [0, 0.1) is 6.92 Å². The highest BCUT2D eigenvalue weighted by atomic mass is 16.2. The first-order valence-corrected chi connectivity index (χ1v) is 10.5. The highest BCUT2D eigenvalue weighted by molar-refractivity contribution is 5.79. The van der Waals surface area contributed by atoms with Crippen LogP contribution in [0.3, 0.4) is 0 Å². The molecule has 0 unspecified atom stereocenters. The fraction of sp³-hybridized carbons (Fsp3) is 0.435. The number of rotatable bonds is 4. The average Bonchev–Trinajstić information content (AvgIpc) is 3.19. The molecule has 1 amide bonds. The summed E-state index contributed by atoms with van der Waals surface area (Å²) in [6.45, 7) is 12.3. The van der Waals surface area contributed by atoms with Crippen molar-refractivity contribution in [1.82, 2.24) is 24.8 Å². The Morgan fingerprint density at radius 3 is 2.52 bits per heavy atom. The number of carbonyl (C=O) groups is 1. The number of fused-ring (bicyclic) bond motifs is 1. The molecule has 0 aliphatic carbocycles. The van der Waals surface area contributed by atoms with Gasteiger partial charge in [0, 0.05) is 45.3 Å². The van der Waals surface area contributed by atoms with Crippen LogP contribution in [0.15, 0.2) is 36.5 Å². The van der Waals surface area contributed by atoms with Crippen molar-refractivity contribution in [3.05, 3.63) is 47.7 Å². The molecule has 1 aliphatic rings. The topological polar surface area (TPSA) is 65.1 Å². The van der Waals surface area contributed by atoms with E-state index in [4.69, 9.17) is 0 Å². The lowest BCUT2D eigenvalue weighted by atomic mass is 10.1. The van der Waals surface area contributed by atoms with Crippen LogP contribution in [-0.4, -0.2) is 56.8 Å². The molecule has 4 rings (SSSR count). The molecule has 1 aromatic carbocycles. The van der Waals surface area contributed by atoms with Gasteiger partial charge in [0.05, 0.1) is 11.0 Å². The van der Waals surface area contributed by atoms with E-state index in [0.29, 0.717) is 6.42 Å². The van der Waals surface area contributed by atoms with Gasteiger partial charge in [0.15, 0.2) is 5.82 Å². The molecule has 3 heterocycles. The van der Waals surface area contributed by atoms with E-state index in [1.807, 2.05) is 50.9 Å². The van der Waals surface area contributed by atoms with Crippen LogP contribution in [-0.2, 0) is 11.3 Å². The summed E-state index contributed by atoms with van der Waals surface area (Å²) in [6, 6.07) is 10.4. The van der Waals surface area contributed by atoms with Crippen LogP contribution in [0.25, 0.3) is 22.6 Å². The Morgan fingerprint density at radius 1 is 1.10 bits per heavy atom. The van der Waals surface area contributed by atoms with Gasteiger partial charge in [-0.05, 0) is 36.2 Å². The highest BCUT2D eigenvalue weighted by Crippen LogP contribution is 2.21. The fourth-order valence-electron chi connectivity index (χ4n) is 3.52. The zero-order chi connectivity index (χ0) is 20.8. The molecule has 6 heteroatoms. The van der Waals surface area contributed by atoms with Crippen LogP contribution in [0.2, 0.25) is 0 Å². The maximum atomic E-state index is 11.8. The summed E-state index contributed by atoms with van der Waals surface area (Å²) in [4.78, 5) is 28.7. The number of aromatic amines is 1. The third kappa shape index (κ3) is 5.01. The van der Waals surface area contributed by atoms with Crippen molar-refractivity contribution in [2.45, 2.75) is 40.7 Å². The number of imidazole rings is 1. The second-order valence-corrected chi connectivity index (χ2v) is 7.17. The predicted molar refractivity (Wildman–Crippen MR) is 118 cm³/mol. The molecule has 1 aliphatic heterocycles. The van der Waals surface area contributed by atoms with Crippen molar-refractivity contribution in [3.63, 3.8) is 0 Å². The predicted octanol–water partition coefficient (Wildman–Crippen LogP) is 4.01. The standard InChI is InChI=1S/C21H25N5O.C2H6/c1-3-20(27)26-10-8-25(9-11-26)14-16-5-7-17-19(12-16)24-21(23-17)18-6-4-15(2)13-22-18;1-2/h4-7,12-13H,3,8-11,14H2,1-2H3,(H,23,24);1-2H3. The van der Waals surface area contributed by atoms with Crippen molar-refractivity contribution in [1.29, 1.82) is 0 Å². The number of hydrogen-bond donors (Lipinski definition) is 1. The number of carbonyl (C=O) groups excluding carboxylic acids is 1. The van der Waals surface area contributed by atoms with Crippen LogP contribution in [0.1, 0.15) is 38.3 Å². The second kappa shape index (κ2) is 9.65. The van der Waals surface area contributed by atoms with Gasteiger partial charge in [-0.3, -0.25) is 14.7 Å². The molecule has 2 aromatic heterocycles. The van der Waals surface area contributed by atoms with Crippen molar-refractivity contribution in [2.75, 3.05) is 26.2 Å². The number of pyridine rings is 1. The molecule has 0 radical (unpaired) electrons. The molecule has 0 bridgehead atoms. The number of aryl methyl sites for hydroxylation is 1. The molecule has 29 heavy (non-hydrogen) atoms. The Kier molecular flexibility index (Phi) is 6.99. The summed E-state index contributed by atoms with van der Waals surface area (Å²) >= 11 is 0. The summed E-state index contributed by atoms with van der Waals surface area (Å²) in [5.41, 5.74) is 5.23. The highest BCUT2D eigenvalue weighted by Gasteiger charge is 2.20. The number of hydrogen-bond acceptors (Lipinski definition) is 4. The summed E-state index contributed by atoms with van der Waals surface area (Å²) in [6.07, 6.45) is 2.45. The van der Waals surface area contributed by atoms with Gasteiger partial charge < -0.3 is 9.88 Å². The normalized spacial score (nSPS) is 14.6. The van der Waals surface area contributed by atoms with E-state index >= 15 is 0 Å². The SMILES string of the molecule is CC.CCC(=O)N1CCN(Cc2ccc3nc(-c4ccc(C)cn4)[nH]c3c2)CC1. The van der Waals surface area contributed by atoms with E-state index in [-0.39, 0.29) is 5.91 Å². The van der Waals surface area contributed by atoms with Gasteiger partial charge in [-0.15, -0.1) is 0 Å². The van der Waals surface area contributed by atoms with Gasteiger partial charge in [0.2, 0.25) is 5.91 Å². The fourth-order valence-corrected chi connectivity index (χ4v) is 3.52. The van der Waals surface area contributed by atoms with E-state index in [1.54, 1.807) is 0 Å². The molecule has 3 aromatic rings. The number of nitrogens with zero attached hydrogens (tertiary/aromatic N) is 4. The Labute approximate surface area is 173 Å². The third-order valence-electron chi connectivity index (χ3n) is 5.13. The van der Waals surface area contributed by atoms with Gasteiger partial charge in [-0.2, -0.15) is 0 Å².